The van der Waals surface area contributed by atoms with Gasteiger partial charge in [-0.15, -0.1) is 0 Å². The predicted octanol–water partition coefficient (Wildman–Crippen LogP) is 4.76. The van der Waals surface area contributed by atoms with E-state index in [4.69, 9.17) is 4.74 Å². The van der Waals surface area contributed by atoms with Crippen LogP contribution in [0.2, 0.25) is 0 Å². The van der Waals surface area contributed by atoms with Gasteiger partial charge < -0.3 is 10.1 Å². The maximum atomic E-state index is 13.1. The first-order valence-corrected chi connectivity index (χ1v) is 11.7. The lowest BCUT2D eigenvalue weighted by Gasteiger charge is -2.14. The van der Waals surface area contributed by atoms with Crippen molar-refractivity contribution in [3.63, 3.8) is 0 Å². The number of hydrogen-bond acceptors (Lipinski definition) is 5. The van der Waals surface area contributed by atoms with Crippen LogP contribution < -0.4 is 10.0 Å². The van der Waals surface area contributed by atoms with Crippen molar-refractivity contribution >= 4 is 33.3 Å². The molecule has 8 heteroatoms. The summed E-state index contributed by atoms with van der Waals surface area (Å²) in [5.41, 5.74) is 4.47. The summed E-state index contributed by atoms with van der Waals surface area (Å²) in [6.45, 7) is 7.23. The second kappa shape index (κ2) is 9.46. The van der Waals surface area contributed by atoms with Gasteiger partial charge in [-0.3, -0.25) is 9.52 Å². The second-order valence-electron chi connectivity index (χ2n) is 7.94. The molecule has 0 bridgehead atoms. The van der Waals surface area contributed by atoms with Crippen LogP contribution in [0.3, 0.4) is 0 Å². The zero-order chi connectivity index (χ0) is 24.3. The lowest BCUT2D eigenvalue weighted by atomic mass is 10.1. The number of anilines is 2. The molecule has 0 spiro atoms. The van der Waals surface area contributed by atoms with Gasteiger partial charge in [-0.25, -0.2) is 13.2 Å². The molecule has 0 aromatic heterocycles. The lowest BCUT2D eigenvalue weighted by Crippen LogP contribution is -2.17. The van der Waals surface area contributed by atoms with Crippen LogP contribution in [0.1, 0.15) is 43.0 Å². The van der Waals surface area contributed by atoms with Crippen LogP contribution in [0.4, 0.5) is 11.4 Å². The highest BCUT2D eigenvalue weighted by Crippen LogP contribution is 2.24. The minimum absolute atomic E-state index is 0.00865. The Balaban J connectivity index is 1.91. The number of benzene rings is 3. The largest absolute Gasteiger partial charge is 0.465 e. The normalized spacial score (nSPS) is 11.1. The molecule has 1 amide bonds. The molecular formula is C25H26N2O5S. The molecule has 0 saturated carbocycles. The molecule has 2 N–H and O–H groups in total. The number of hydrogen-bond donors (Lipinski definition) is 2. The fraction of sp³-hybridized carbons (Fsp3) is 0.200. The number of aryl methyl sites for hydroxylation is 4. The molecule has 3 aromatic rings. The van der Waals surface area contributed by atoms with Crippen molar-refractivity contribution in [3.8, 4) is 0 Å². The van der Waals surface area contributed by atoms with Crippen LogP contribution >= 0.6 is 0 Å². The SMILES string of the molecule is COC(=O)c1ccc(C)c(NC(=O)c2ccc(C)c(S(=O)(=O)Nc3cc(C)cc(C)c3)c2)c1. The molecule has 3 rings (SSSR count). The number of nitrogens with one attached hydrogen (secondary N) is 2. The number of carbonyl (C=O) groups excluding carboxylic acids is 2. The van der Waals surface area contributed by atoms with E-state index in [2.05, 4.69) is 10.0 Å². The van der Waals surface area contributed by atoms with Crippen LogP contribution in [0.5, 0.6) is 0 Å². The Labute approximate surface area is 193 Å². The van der Waals surface area contributed by atoms with Crippen LogP contribution in [0, 0.1) is 27.7 Å². The van der Waals surface area contributed by atoms with Crippen molar-refractivity contribution in [2.45, 2.75) is 32.6 Å². The fourth-order valence-electron chi connectivity index (χ4n) is 3.47. The highest BCUT2D eigenvalue weighted by atomic mass is 32.2. The molecule has 0 unspecified atom stereocenters. The monoisotopic (exact) mass is 466 g/mol. The molecule has 0 saturated heterocycles. The van der Waals surface area contributed by atoms with E-state index in [9.17, 15) is 18.0 Å². The van der Waals surface area contributed by atoms with E-state index in [-0.39, 0.29) is 10.5 Å². The third-order valence-electron chi connectivity index (χ3n) is 5.12. The average Bonchev–Trinajstić information content (AvgIpc) is 2.73. The van der Waals surface area contributed by atoms with Crippen molar-refractivity contribution in [1.29, 1.82) is 0 Å². The number of sulfonamides is 1. The molecule has 0 radical (unpaired) electrons. The van der Waals surface area contributed by atoms with E-state index >= 15 is 0 Å². The van der Waals surface area contributed by atoms with E-state index in [1.807, 2.05) is 19.9 Å². The molecule has 0 atom stereocenters. The van der Waals surface area contributed by atoms with Gasteiger partial charge >= 0.3 is 5.97 Å². The fourth-order valence-corrected chi connectivity index (χ4v) is 4.78. The number of amides is 1. The van der Waals surface area contributed by atoms with Crippen LogP contribution in [0.25, 0.3) is 0 Å². The van der Waals surface area contributed by atoms with Crippen molar-refractivity contribution in [2.24, 2.45) is 0 Å². The molecule has 0 aliphatic rings. The van der Waals surface area contributed by atoms with Crippen molar-refractivity contribution in [2.75, 3.05) is 17.1 Å². The van der Waals surface area contributed by atoms with Crippen molar-refractivity contribution in [1.82, 2.24) is 0 Å². The Hall–Kier alpha value is -3.65. The number of rotatable bonds is 6. The molecule has 172 valence electrons. The van der Waals surface area contributed by atoms with Gasteiger partial charge in [-0.2, -0.15) is 0 Å². The maximum Gasteiger partial charge on any atom is 0.337 e. The Morgan fingerprint density at radius 1 is 0.788 bits per heavy atom. The van der Waals surface area contributed by atoms with E-state index < -0.39 is 21.9 Å². The van der Waals surface area contributed by atoms with Crippen molar-refractivity contribution < 1.29 is 22.7 Å². The zero-order valence-electron chi connectivity index (χ0n) is 19.1. The topological polar surface area (TPSA) is 102 Å². The summed E-state index contributed by atoms with van der Waals surface area (Å²) in [4.78, 5) is 24.7. The third-order valence-corrected chi connectivity index (χ3v) is 6.64. The van der Waals surface area contributed by atoms with Gasteiger partial charge in [0.25, 0.3) is 15.9 Å². The van der Waals surface area contributed by atoms with E-state index in [1.165, 1.54) is 19.2 Å². The van der Waals surface area contributed by atoms with Gasteiger partial charge in [0.1, 0.15) is 0 Å². The first-order valence-electron chi connectivity index (χ1n) is 10.2. The number of esters is 1. The van der Waals surface area contributed by atoms with E-state index in [1.54, 1.807) is 50.2 Å². The number of ether oxygens (including phenoxy) is 1. The molecule has 0 aliphatic heterocycles. The number of carbonyl (C=O) groups is 2. The first-order chi connectivity index (χ1) is 15.5. The van der Waals surface area contributed by atoms with Gasteiger partial charge in [0.05, 0.1) is 17.6 Å². The molecule has 0 aliphatic carbocycles. The van der Waals surface area contributed by atoms with Gasteiger partial charge in [0.15, 0.2) is 0 Å². The molecule has 0 heterocycles. The summed E-state index contributed by atoms with van der Waals surface area (Å²) >= 11 is 0. The summed E-state index contributed by atoms with van der Waals surface area (Å²) < 4.78 is 33.5. The first kappa shape index (κ1) is 24.0. The Morgan fingerprint density at radius 3 is 2.03 bits per heavy atom. The minimum Gasteiger partial charge on any atom is -0.465 e. The highest BCUT2D eigenvalue weighted by Gasteiger charge is 2.20. The Kier molecular flexibility index (Phi) is 6.88. The molecule has 33 heavy (non-hydrogen) atoms. The summed E-state index contributed by atoms with van der Waals surface area (Å²) in [5, 5.41) is 2.75. The minimum atomic E-state index is -3.93. The smallest absolute Gasteiger partial charge is 0.337 e. The summed E-state index contributed by atoms with van der Waals surface area (Å²) in [5.74, 6) is -1.02. The van der Waals surface area contributed by atoms with E-state index in [0.29, 0.717) is 22.5 Å². The molecular weight excluding hydrogens is 440 g/mol. The standard InChI is InChI=1S/C25H26N2O5S/c1-15-10-16(2)12-21(11-15)27-33(30,31)23-14-19(8-7-18(23)4)24(28)26-22-13-20(25(29)32-5)9-6-17(22)3/h6-14,27H,1-5H3,(H,26,28). The summed E-state index contributed by atoms with van der Waals surface area (Å²) in [6, 6.07) is 14.7. The quantitative estimate of drug-likeness (QED) is 0.510. The van der Waals surface area contributed by atoms with Gasteiger partial charge in [-0.1, -0.05) is 18.2 Å². The van der Waals surface area contributed by atoms with Crippen LogP contribution in [0.15, 0.2) is 59.5 Å². The third kappa shape index (κ3) is 5.59. The Morgan fingerprint density at radius 2 is 1.39 bits per heavy atom. The molecule has 0 fully saturated rings. The second-order valence-corrected chi connectivity index (χ2v) is 9.59. The number of methoxy groups -OCH3 is 1. The summed E-state index contributed by atoms with van der Waals surface area (Å²) in [7, 11) is -2.65. The van der Waals surface area contributed by atoms with Gasteiger partial charge in [0.2, 0.25) is 0 Å². The van der Waals surface area contributed by atoms with Crippen LogP contribution in [-0.2, 0) is 14.8 Å². The predicted molar refractivity (Wildman–Crippen MR) is 128 cm³/mol. The lowest BCUT2D eigenvalue weighted by molar-refractivity contribution is 0.0600. The molecule has 7 nitrogen and oxygen atoms in total. The average molecular weight is 467 g/mol. The Bertz CT molecular complexity index is 1330. The zero-order valence-corrected chi connectivity index (χ0v) is 20.0. The van der Waals surface area contributed by atoms with Crippen molar-refractivity contribution in [3.05, 3.63) is 88.0 Å². The highest BCUT2D eigenvalue weighted by molar-refractivity contribution is 7.92. The maximum absolute atomic E-state index is 13.1. The van der Waals surface area contributed by atoms with E-state index in [0.717, 1.165) is 16.7 Å². The molecule has 3 aromatic carbocycles. The van der Waals surface area contributed by atoms with Gasteiger partial charge in [0, 0.05) is 16.9 Å². The van der Waals surface area contributed by atoms with Crippen LogP contribution in [-0.4, -0.2) is 27.4 Å². The van der Waals surface area contributed by atoms with Gasteiger partial charge in [-0.05, 0) is 86.3 Å². The summed E-state index contributed by atoms with van der Waals surface area (Å²) in [6.07, 6.45) is 0.